The van der Waals surface area contributed by atoms with E-state index >= 15 is 0 Å². The summed E-state index contributed by atoms with van der Waals surface area (Å²) in [6, 6.07) is -7.38. The predicted octanol–water partition coefficient (Wildman–Crippen LogP) is 15.0. The third-order valence-electron chi connectivity index (χ3n) is 14.4. The Labute approximate surface area is 608 Å². The summed E-state index contributed by atoms with van der Waals surface area (Å²) in [5, 5.41) is -1.54. The maximum Gasteiger partial charge on any atom is 0.416 e. The summed E-state index contributed by atoms with van der Waals surface area (Å²) in [4.78, 5) is 67.1. The first-order chi connectivity index (χ1) is 58.6. The molecule has 0 fully saturated rings. The number of amides is 2. The first-order valence-corrected chi connectivity index (χ1v) is 31.0. The molecule has 96 heavy (non-hydrogen) atoms. The van der Waals surface area contributed by atoms with Crippen LogP contribution in [0.5, 0.6) is 0 Å². The van der Waals surface area contributed by atoms with Gasteiger partial charge in [0.15, 0.2) is 10.3 Å². The molecule has 10 rings (SSSR count). The number of hydrogen-bond donors (Lipinski definition) is 0. The maximum absolute atomic E-state index is 14.8. The summed E-state index contributed by atoms with van der Waals surface area (Å²) in [6.45, 7) is -9.84. The zero-order chi connectivity index (χ0) is 97.2. The number of nitrogens with zero attached hydrogens (tertiary/aromatic N) is 8. The first kappa shape index (κ1) is 40.7. The van der Waals surface area contributed by atoms with Crippen LogP contribution < -0.4 is 11.1 Å². The van der Waals surface area contributed by atoms with E-state index in [4.69, 9.17) is 38.4 Å². The van der Waals surface area contributed by atoms with E-state index < -0.39 is 286 Å². The molecule has 2 aliphatic carbocycles. The number of alkyl halides is 6. The number of fused-ring (bicyclic) bond motifs is 2. The lowest BCUT2D eigenvalue weighted by Crippen LogP contribution is -2.40. The van der Waals surface area contributed by atoms with Gasteiger partial charge in [-0.25, -0.2) is 8.78 Å². The van der Waals surface area contributed by atoms with E-state index in [9.17, 15) is 59.8 Å². The molecule has 2 amide bonds. The maximum atomic E-state index is 14.8. The van der Waals surface area contributed by atoms with Crippen LogP contribution in [0.25, 0.3) is 22.3 Å². The van der Waals surface area contributed by atoms with Gasteiger partial charge < -0.3 is 28.7 Å². The molecule has 0 saturated heterocycles. The van der Waals surface area contributed by atoms with Crippen LogP contribution in [0.15, 0.2) is 159 Å². The topological polar surface area (TPSA) is 117 Å². The Morgan fingerprint density at radius 2 is 1.03 bits per heavy atom. The Hall–Kier alpha value is -7.92. The van der Waals surface area contributed by atoms with Gasteiger partial charge in [-0.1, -0.05) is 155 Å². The van der Waals surface area contributed by atoms with Crippen molar-refractivity contribution in [2.45, 2.75) is 134 Å². The fraction of sp³-hybridized carbons (Fsp3) is 0.378. The second-order valence-corrected chi connectivity index (χ2v) is 22.4. The Balaban J connectivity index is 0.000000289. The van der Waals surface area contributed by atoms with Crippen LogP contribution >= 0.6 is 23.5 Å². The number of thioether (sulfide) groups is 2. The average molecular weight is 1390 g/mol. The van der Waals surface area contributed by atoms with Crippen molar-refractivity contribution in [2.75, 3.05) is 52.2 Å². The van der Waals surface area contributed by atoms with Gasteiger partial charge >= 0.3 is 12.4 Å². The molecule has 6 aromatic carbocycles. The van der Waals surface area contributed by atoms with E-state index in [1.807, 2.05) is 0 Å². The molecule has 508 valence electrons. The van der Waals surface area contributed by atoms with Gasteiger partial charge in [0.05, 0.1) is 37.2 Å². The first-order valence-electron chi connectivity index (χ1n) is 45.4. The molecular formula is C74H80F8N8O4S2. The minimum absolute atomic E-state index is 0.0482. The molecule has 2 aliphatic rings. The Morgan fingerprint density at radius 1 is 0.573 bits per heavy atom. The van der Waals surface area contributed by atoms with E-state index in [0.717, 1.165) is 40.3 Å². The average Bonchev–Trinajstić information content (AvgIpc) is 1.52. The minimum Gasteiger partial charge on any atom is -0.336 e. The Morgan fingerprint density at radius 3 is 1.52 bits per heavy atom. The van der Waals surface area contributed by atoms with Crippen LogP contribution in [0, 0.1) is 24.5 Å². The highest BCUT2D eigenvalue weighted by Gasteiger charge is 2.34. The van der Waals surface area contributed by atoms with Gasteiger partial charge in [0.1, 0.15) is 24.7 Å². The molecule has 2 heterocycles. The molecular weight excluding hydrogens is 1280 g/mol. The third-order valence-corrected chi connectivity index (χ3v) is 16.0. The van der Waals surface area contributed by atoms with Crippen LogP contribution in [-0.2, 0) is 85.1 Å². The highest BCUT2D eigenvalue weighted by Crippen LogP contribution is 2.36. The highest BCUT2D eigenvalue weighted by atomic mass is 32.2. The molecule has 0 radical (unpaired) electrons. The largest absolute Gasteiger partial charge is 0.416 e. The normalized spacial score (nSPS) is 21.1. The van der Waals surface area contributed by atoms with Crippen LogP contribution in [-0.4, -0.2) is 103 Å². The molecule has 0 bridgehead atoms. The third kappa shape index (κ3) is 19.0. The SMILES string of the molecule is [2H]c1c([2H])c(C([2H])([2H])Sc2nc(=O)c3c(n2CC(=O)N(Cc2c([2H])c([2H])c(-c4c([2H])c([2H])c(C(F)(F)F)c(C)c4[2H])c([2H])c2[2H])C([2H])([2H])C([2H])([2H])N(CC)CC)CCC3)c([2H])c([2H])c1F.[2H]c1c([2H])c(C([2H])([2H])Sc2nc(=O)c3c(n2CC(=O)N(Cc2ccc(-c4ccc(C(F)(F)F)cc4)cc2)C([2H])([2H])C([2H])([2H])N(CC)CC)C([2H])([2H])C([2H])(C)C3([2H])[2H])c([2H])c([2H])c1F. The van der Waals surface area contributed by atoms with E-state index in [1.54, 1.807) is 0 Å². The van der Waals surface area contributed by atoms with Gasteiger partial charge in [0.25, 0.3) is 11.1 Å². The van der Waals surface area contributed by atoms with Crippen molar-refractivity contribution in [3.63, 3.8) is 0 Å². The summed E-state index contributed by atoms with van der Waals surface area (Å²) in [5.41, 5.74) is -17.3. The van der Waals surface area contributed by atoms with Crippen molar-refractivity contribution in [2.24, 2.45) is 5.89 Å². The summed E-state index contributed by atoms with van der Waals surface area (Å²) in [5.74, 6) is -8.74. The molecule has 0 N–H and O–H groups in total. The number of carbonyl (C=O) groups is 2. The van der Waals surface area contributed by atoms with Crippen molar-refractivity contribution in [3.05, 3.63) is 233 Å². The van der Waals surface area contributed by atoms with Crippen LogP contribution in [0.1, 0.15) is 146 Å². The van der Waals surface area contributed by atoms with E-state index in [0.29, 0.717) is 27.0 Å². The highest BCUT2D eigenvalue weighted by molar-refractivity contribution is 7.98. The van der Waals surface area contributed by atoms with E-state index in [2.05, 4.69) is 9.97 Å². The van der Waals surface area contributed by atoms with Gasteiger partial charge in [-0.15, -0.1) is 0 Å². The Bertz CT molecular complexity index is 5750. The standard InChI is InChI=1S/2C37H40F4N4O2S/c1-4-43(5-2)18-19-44(22-26-6-10-28(11-7-26)29-12-14-30(15-13-29)37(39,40)41)34(46)23-45-33-21-25(3)20-32(33)35(47)42-36(45)48-24-27-8-16-31(38)17-9-27;1-4-43(5-2)19-20-44(22-26-9-13-28(14-10-26)29-15-18-32(25(3)21-29)37(39,40)41)34(46)23-45-33-8-6-7-31(33)35(47)42-36(45)48-24-27-11-16-30(38)17-12-27/h6-17,25H,4-5,18-24H2,1-3H3;9-18,21H,4-8,19-20,22-24H2,1-3H3/i8D,9D,16D,17D,18D2,19D2,20D2,21D2,24D2,25D;9D,10D,11D,12D,13D,14D,15D,16D,17D,18D,19D2,20D2,21D,24D2. The van der Waals surface area contributed by atoms with Crippen molar-refractivity contribution in [3.8, 4) is 22.3 Å². The minimum atomic E-state index is -5.18. The van der Waals surface area contributed by atoms with Crippen molar-refractivity contribution in [1.82, 2.24) is 38.7 Å². The molecule has 1 unspecified atom stereocenters. The van der Waals surface area contributed by atoms with E-state index in [1.165, 1.54) is 64.1 Å². The molecule has 0 spiro atoms. The number of benzene rings is 6. The molecule has 1 atom stereocenters. The van der Waals surface area contributed by atoms with Crippen molar-refractivity contribution >= 4 is 35.3 Å². The van der Waals surface area contributed by atoms with Gasteiger partial charge in [-0.3, -0.25) is 19.2 Å². The molecule has 8 aromatic rings. The summed E-state index contributed by atoms with van der Waals surface area (Å²) >= 11 is -0.112. The van der Waals surface area contributed by atoms with Gasteiger partial charge in [-0.2, -0.15) is 36.3 Å². The number of likely N-dealkylation sites (N-methyl/N-ethyl adjacent to an activating group) is 2. The zero-order valence-corrected chi connectivity index (χ0v) is 53.6. The quantitative estimate of drug-likeness (QED) is 0.0295. The molecule has 12 nitrogen and oxygen atoms in total. The lowest BCUT2D eigenvalue weighted by atomic mass is 9.98. The summed E-state index contributed by atoms with van der Waals surface area (Å²) in [6.07, 6.45) is -15.6. The number of hydrogen-bond acceptors (Lipinski definition) is 10. The number of aromatic nitrogens is 4. The monoisotopic (exact) mass is 1390 g/mol. The number of rotatable bonds is 26. The lowest BCUT2D eigenvalue weighted by molar-refractivity contribution is -0.138. The van der Waals surface area contributed by atoms with Gasteiger partial charge in [0.2, 0.25) is 11.8 Å². The van der Waals surface area contributed by atoms with Crippen LogP contribution in [0.4, 0.5) is 35.1 Å². The Kier molecular flexibility index (Phi) is 13.9. The van der Waals surface area contributed by atoms with Crippen LogP contribution in [0.3, 0.4) is 0 Å². The fourth-order valence-electron chi connectivity index (χ4n) is 9.41. The van der Waals surface area contributed by atoms with Crippen molar-refractivity contribution < 1.29 is 88.6 Å². The summed E-state index contributed by atoms with van der Waals surface area (Å²) < 4.78 is 389. The second-order valence-electron chi connectivity index (χ2n) is 20.9. The zero-order valence-electron chi connectivity index (χ0n) is 83.9. The summed E-state index contributed by atoms with van der Waals surface area (Å²) in [7, 11) is 0. The predicted molar refractivity (Wildman–Crippen MR) is 362 cm³/mol. The van der Waals surface area contributed by atoms with Gasteiger partial charge in [-0.05, 0) is 163 Å². The molecule has 0 saturated carbocycles. The van der Waals surface area contributed by atoms with Gasteiger partial charge in [0, 0.05) is 90.8 Å². The molecule has 22 heteroatoms. The molecule has 2 aromatic heterocycles. The second kappa shape index (κ2) is 32.9. The number of halogens is 8. The molecule has 0 aliphatic heterocycles. The van der Waals surface area contributed by atoms with Crippen LogP contribution in [0.2, 0.25) is 0 Å². The fourth-order valence-corrected chi connectivity index (χ4v) is 10.8. The van der Waals surface area contributed by atoms with E-state index in [-0.39, 0.29) is 84.3 Å². The lowest BCUT2D eigenvalue weighted by Gasteiger charge is -2.28. The van der Waals surface area contributed by atoms with Crippen molar-refractivity contribution in [1.29, 1.82) is 0 Å². The smallest absolute Gasteiger partial charge is 0.336 e. The number of carbonyl (C=O) groups excluding carboxylic acids is 2.